The predicted octanol–water partition coefficient (Wildman–Crippen LogP) is 2.57. The molecule has 2 aromatic carbocycles. The quantitative estimate of drug-likeness (QED) is 0.667. The minimum Gasteiger partial charge on any atom is -0.454 e. The third kappa shape index (κ3) is 4.23. The second-order valence-electron chi connectivity index (χ2n) is 7.11. The van der Waals surface area contributed by atoms with Gasteiger partial charge in [-0.25, -0.2) is 4.98 Å². The predicted molar refractivity (Wildman–Crippen MR) is 109 cm³/mol. The lowest BCUT2D eigenvalue weighted by molar-refractivity contribution is -0.121. The van der Waals surface area contributed by atoms with Gasteiger partial charge in [0.2, 0.25) is 12.7 Å². The smallest absolute Gasteiger partial charge is 0.261 e. The third-order valence-corrected chi connectivity index (χ3v) is 5.03. The molecule has 1 aliphatic rings. The molecule has 4 rings (SSSR count). The molecular weight excluding hydrogens is 370 g/mol. The Morgan fingerprint density at radius 3 is 2.97 bits per heavy atom. The first kappa shape index (κ1) is 19.0. The van der Waals surface area contributed by atoms with Crippen molar-refractivity contribution < 1.29 is 14.3 Å². The maximum atomic E-state index is 12.6. The van der Waals surface area contributed by atoms with Crippen molar-refractivity contribution in [3.8, 4) is 11.5 Å². The number of amides is 1. The molecule has 0 spiro atoms. The Balaban J connectivity index is 1.24. The van der Waals surface area contributed by atoms with E-state index in [0.29, 0.717) is 31.3 Å². The van der Waals surface area contributed by atoms with Crippen molar-refractivity contribution in [2.75, 3.05) is 13.3 Å². The SMILES string of the molecule is Cc1cccc2c(=O)n(CCCC(=O)NCCc3ccc4c(c3)OCO4)cnc12. The number of hydrogen-bond donors (Lipinski definition) is 1. The molecule has 0 saturated heterocycles. The number of carbonyl (C=O) groups excluding carboxylic acids is 1. The molecule has 1 aromatic heterocycles. The first-order chi connectivity index (χ1) is 14.1. The van der Waals surface area contributed by atoms with Gasteiger partial charge in [0.25, 0.3) is 5.56 Å². The van der Waals surface area contributed by atoms with Gasteiger partial charge in [0.1, 0.15) is 0 Å². The van der Waals surface area contributed by atoms with Gasteiger partial charge in [-0.2, -0.15) is 0 Å². The van der Waals surface area contributed by atoms with Crippen molar-refractivity contribution >= 4 is 16.8 Å². The Bertz CT molecular complexity index is 1110. The van der Waals surface area contributed by atoms with Gasteiger partial charge >= 0.3 is 0 Å². The van der Waals surface area contributed by atoms with Crippen LogP contribution in [0.25, 0.3) is 10.9 Å². The van der Waals surface area contributed by atoms with Gasteiger partial charge in [-0.15, -0.1) is 0 Å². The van der Waals surface area contributed by atoms with E-state index in [4.69, 9.17) is 9.47 Å². The molecule has 29 heavy (non-hydrogen) atoms. The number of nitrogens with one attached hydrogen (secondary N) is 1. The summed E-state index contributed by atoms with van der Waals surface area (Å²) in [4.78, 5) is 29.1. The first-order valence-electron chi connectivity index (χ1n) is 9.72. The number of aryl methyl sites for hydroxylation is 2. The Kier molecular flexibility index (Phi) is 5.46. The molecule has 0 bridgehead atoms. The molecule has 7 heteroatoms. The van der Waals surface area contributed by atoms with Crippen LogP contribution in [-0.4, -0.2) is 28.8 Å². The third-order valence-electron chi connectivity index (χ3n) is 5.03. The van der Waals surface area contributed by atoms with E-state index >= 15 is 0 Å². The van der Waals surface area contributed by atoms with E-state index < -0.39 is 0 Å². The molecule has 150 valence electrons. The summed E-state index contributed by atoms with van der Waals surface area (Å²) in [6.07, 6.45) is 3.22. The van der Waals surface area contributed by atoms with E-state index in [0.717, 1.165) is 34.6 Å². The van der Waals surface area contributed by atoms with Crippen LogP contribution in [0.3, 0.4) is 0 Å². The van der Waals surface area contributed by atoms with Gasteiger partial charge in [-0.3, -0.25) is 14.2 Å². The highest BCUT2D eigenvalue weighted by atomic mass is 16.7. The molecule has 1 N–H and O–H groups in total. The van der Waals surface area contributed by atoms with Crippen molar-refractivity contribution in [2.45, 2.75) is 32.7 Å². The zero-order chi connectivity index (χ0) is 20.2. The van der Waals surface area contributed by atoms with Crippen LogP contribution in [0.4, 0.5) is 0 Å². The number of aromatic nitrogens is 2. The van der Waals surface area contributed by atoms with Crippen molar-refractivity contribution in [1.29, 1.82) is 0 Å². The van der Waals surface area contributed by atoms with E-state index in [2.05, 4.69) is 10.3 Å². The first-order valence-corrected chi connectivity index (χ1v) is 9.72. The van der Waals surface area contributed by atoms with Crippen LogP contribution in [0.1, 0.15) is 24.0 Å². The molecule has 7 nitrogen and oxygen atoms in total. The summed E-state index contributed by atoms with van der Waals surface area (Å²) in [6.45, 7) is 3.21. The summed E-state index contributed by atoms with van der Waals surface area (Å²) in [7, 11) is 0. The average Bonchev–Trinajstić information content (AvgIpc) is 3.18. The molecule has 0 fully saturated rings. The lowest BCUT2D eigenvalue weighted by atomic mass is 10.1. The molecule has 0 unspecified atom stereocenters. The molecule has 0 aliphatic carbocycles. The van der Waals surface area contributed by atoms with E-state index in [-0.39, 0.29) is 18.3 Å². The Labute approximate surface area is 168 Å². The zero-order valence-corrected chi connectivity index (χ0v) is 16.3. The molecule has 0 atom stereocenters. The van der Waals surface area contributed by atoms with Crippen molar-refractivity contribution in [3.63, 3.8) is 0 Å². The van der Waals surface area contributed by atoms with E-state index in [1.807, 2.05) is 37.3 Å². The van der Waals surface area contributed by atoms with Crippen LogP contribution in [0, 0.1) is 6.92 Å². The lowest BCUT2D eigenvalue weighted by Gasteiger charge is -2.08. The number of ether oxygens (including phenoxy) is 2. The summed E-state index contributed by atoms with van der Waals surface area (Å²) >= 11 is 0. The number of rotatable bonds is 7. The number of nitrogens with zero attached hydrogens (tertiary/aromatic N) is 2. The largest absolute Gasteiger partial charge is 0.454 e. The topological polar surface area (TPSA) is 82.5 Å². The van der Waals surface area contributed by atoms with Gasteiger partial charge in [-0.05, 0) is 49.1 Å². The van der Waals surface area contributed by atoms with Crippen LogP contribution in [-0.2, 0) is 17.8 Å². The molecule has 1 aliphatic heterocycles. The molecular formula is C22H23N3O4. The Hall–Kier alpha value is -3.35. The summed E-state index contributed by atoms with van der Waals surface area (Å²) in [6, 6.07) is 11.4. The van der Waals surface area contributed by atoms with Gasteiger partial charge in [0, 0.05) is 19.5 Å². The zero-order valence-electron chi connectivity index (χ0n) is 16.3. The number of hydrogen-bond acceptors (Lipinski definition) is 5. The fourth-order valence-electron chi connectivity index (χ4n) is 3.44. The maximum absolute atomic E-state index is 12.6. The summed E-state index contributed by atoms with van der Waals surface area (Å²) < 4.78 is 12.2. The number of benzene rings is 2. The van der Waals surface area contributed by atoms with Crippen LogP contribution in [0.15, 0.2) is 47.5 Å². The maximum Gasteiger partial charge on any atom is 0.261 e. The second-order valence-corrected chi connectivity index (χ2v) is 7.11. The highest BCUT2D eigenvalue weighted by Crippen LogP contribution is 2.32. The standard InChI is InChI=1S/C22H23N3O4/c1-15-4-2-5-17-21(15)24-13-25(22(17)27)11-3-6-20(26)23-10-9-16-7-8-18-19(12-16)29-14-28-18/h2,4-5,7-8,12-13H,3,6,9-11,14H2,1H3,(H,23,26). The average molecular weight is 393 g/mol. The van der Waals surface area contributed by atoms with Gasteiger partial charge in [0.05, 0.1) is 17.2 Å². The molecule has 1 amide bonds. The van der Waals surface area contributed by atoms with Crippen molar-refractivity contribution in [2.24, 2.45) is 0 Å². The lowest BCUT2D eigenvalue weighted by Crippen LogP contribution is -2.26. The molecule has 2 heterocycles. The normalized spacial score (nSPS) is 12.3. The number of fused-ring (bicyclic) bond motifs is 2. The van der Waals surface area contributed by atoms with E-state index in [9.17, 15) is 9.59 Å². The highest BCUT2D eigenvalue weighted by Gasteiger charge is 2.13. The fourth-order valence-corrected chi connectivity index (χ4v) is 3.44. The van der Waals surface area contributed by atoms with Gasteiger partial charge < -0.3 is 14.8 Å². The number of para-hydroxylation sites is 1. The van der Waals surface area contributed by atoms with Crippen LogP contribution in [0.5, 0.6) is 11.5 Å². The van der Waals surface area contributed by atoms with E-state index in [1.54, 1.807) is 17.0 Å². The minimum atomic E-state index is -0.0677. The second kappa shape index (κ2) is 8.34. The van der Waals surface area contributed by atoms with Gasteiger partial charge in [0.15, 0.2) is 11.5 Å². The fraction of sp³-hybridized carbons (Fsp3) is 0.318. The summed E-state index contributed by atoms with van der Waals surface area (Å²) in [5.41, 5.74) is 2.73. The minimum absolute atomic E-state index is 0.0246. The van der Waals surface area contributed by atoms with Crippen molar-refractivity contribution in [3.05, 3.63) is 64.2 Å². The molecule has 0 saturated carbocycles. The molecule has 0 radical (unpaired) electrons. The summed E-state index contributed by atoms with van der Waals surface area (Å²) in [5.74, 6) is 1.48. The van der Waals surface area contributed by atoms with Crippen LogP contribution < -0.4 is 20.3 Å². The highest BCUT2D eigenvalue weighted by molar-refractivity contribution is 5.80. The van der Waals surface area contributed by atoms with E-state index in [1.165, 1.54) is 0 Å². The Morgan fingerprint density at radius 1 is 1.21 bits per heavy atom. The van der Waals surface area contributed by atoms with Crippen LogP contribution in [0.2, 0.25) is 0 Å². The van der Waals surface area contributed by atoms with Crippen LogP contribution >= 0.6 is 0 Å². The van der Waals surface area contributed by atoms with Gasteiger partial charge in [-0.1, -0.05) is 18.2 Å². The monoisotopic (exact) mass is 393 g/mol. The molecule has 3 aromatic rings. The number of carbonyl (C=O) groups is 1. The Morgan fingerprint density at radius 2 is 2.07 bits per heavy atom. The van der Waals surface area contributed by atoms with Crippen molar-refractivity contribution in [1.82, 2.24) is 14.9 Å². The summed E-state index contributed by atoms with van der Waals surface area (Å²) in [5, 5.41) is 3.53.